The maximum atomic E-state index is 5.44. The van der Waals surface area contributed by atoms with Crippen LogP contribution >= 0.6 is 11.3 Å². The molecule has 1 aromatic heterocycles. The Bertz CT molecular complexity index is 498. The largest absolute Gasteiger partial charge is 0.382 e. The summed E-state index contributed by atoms with van der Waals surface area (Å²) in [5, 5.41) is 9.98. The Balaban J connectivity index is 2.30. The molecule has 144 valence electrons. The predicted octanol–water partition coefficient (Wildman–Crippen LogP) is 2.59. The van der Waals surface area contributed by atoms with E-state index in [1.807, 2.05) is 0 Å². The number of methoxy groups -OCH3 is 1. The maximum absolute atomic E-state index is 5.44. The zero-order chi connectivity index (χ0) is 18.5. The predicted molar refractivity (Wildman–Crippen MR) is 106 cm³/mol. The number of hydrogen-bond acceptors (Lipinski definition) is 5. The van der Waals surface area contributed by atoms with E-state index >= 15 is 0 Å². The molecule has 0 amide bonds. The molecule has 2 N–H and O–H groups in total. The quantitative estimate of drug-likeness (QED) is 0.356. The molecule has 0 unspecified atom stereocenters. The number of guanidine groups is 1. The van der Waals surface area contributed by atoms with E-state index in [1.165, 1.54) is 10.7 Å². The first-order valence-corrected chi connectivity index (χ1v) is 9.89. The summed E-state index contributed by atoms with van der Waals surface area (Å²) in [6.45, 7) is 13.1. The van der Waals surface area contributed by atoms with Crippen LogP contribution in [0.5, 0.6) is 0 Å². The second kappa shape index (κ2) is 12.2. The normalized spacial score (nSPS) is 12.4. The van der Waals surface area contributed by atoms with E-state index in [0.29, 0.717) is 19.8 Å². The third kappa shape index (κ3) is 9.77. The molecule has 0 spiro atoms. The van der Waals surface area contributed by atoms with Crippen LogP contribution in [0, 0.1) is 0 Å². The minimum Gasteiger partial charge on any atom is -0.382 e. The van der Waals surface area contributed by atoms with Crippen LogP contribution in [0.2, 0.25) is 0 Å². The number of nitrogens with zero attached hydrogens (tertiary/aromatic N) is 2. The smallest absolute Gasteiger partial charge is 0.191 e. The Kier molecular flexibility index (Phi) is 10.7. The van der Waals surface area contributed by atoms with Crippen molar-refractivity contribution in [1.29, 1.82) is 0 Å². The van der Waals surface area contributed by atoms with Crippen LogP contribution in [-0.4, -0.2) is 57.5 Å². The number of hydrogen-bond donors (Lipinski definition) is 2. The Morgan fingerprint density at radius 3 is 2.68 bits per heavy atom. The lowest BCUT2D eigenvalue weighted by atomic mass is 9.93. The molecule has 1 heterocycles. The van der Waals surface area contributed by atoms with Crippen LogP contribution in [0.25, 0.3) is 0 Å². The van der Waals surface area contributed by atoms with Crippen molar-refractivity contribution in [3.8, 4) is 0 Å². The van der Waals surface area contributed by atoms with Gasteiger partial charge in [-0.1, -0.05) is 20.8 Å². The molecule has 0 aliphatic rings. The van der Waals surface area contributed by atoms with Gasteiger partial charge in [0.05, 0.1) is 23.9 Å². The summed E-state index contributed by atoms with van der Waals surface area (Å²) < 4.78 is 10.4. The third-order valence-corrected chi connectivity index (χ3v) is 4.35. The number of nitrogens with one attached hydrogen (secondary N) is 2. The van der Waals surface area contributed by atoms with E-state index in [9.17, 15) is 0 Å². The fourth-order valence-corrected chi connectivity index (χ4v) is 3.03. The van der Waals surface area contributed by atoms with Gasteiger partial charge in [-0.05, 0) is 13.3 Å². The van der Waals surface area contributed by atoms with Crippen molar-refractivity contribution in [3.63, 3.8) is 0 Å². The van der Waals surface area contributed by atoms with Crippen molar-refractivity contribution in [2.75, 3.05) is 46.6 Å². The molecule has 0 aliphatic heterocycles. The molecular formula is C18H34N4O2S. The highest BCUT2D eigenvalue weighted by Gasteiger charge is 2.17. The van der Waals surface area contributed by atoms with E-state index < -0.39 is 0 Å². The molecule has 0 aromatic carbocycles. The van der Waals surface area contributed by atoms with Crippen molar-refractivity contribution < 1.29 is 9.47 Å². The van der Waals surface area contributed by atoms with Gasteiger partial charge >= 0.3 is 0 Å². The first-order chi connectivity index (χ1) is 12.0. The lowest BCUT2D eigenvalue weighted by Crippen LogP contribution is -2.38. The number of aliphatic imine (C=N–C) groups is 1. The standard InChI is InChI=1S/C18H34N4O2S/c1-6-19-17(20-9-7-11-24-13-12-23-5)21-10-8-16-22-15(14-25-16)18(2,3)4/h14H,6-13H2,1-5H3,(H2,19,20,21). The van der Waals surface area contributed by atoms with Crippen LogP contribution in [0.15, 0.2) is 10.4 Å². The summed E-state index contributed by atoms with van der Waals surface area (Å²) in [5.41, 5.74) is 1.28. The monoisotopic (exact) mass is 370 g/mol. The molecule has 0 fully saturated rings. The summed E-state index contributed by atoms with van der Waals surface area (Å²) in [6, 6.07) is 0. The van der Waals surface area contributed by atoms with Gasteiger partial charge in [-0.25, -0.2) is 4.98 Å². The molecule has 0 atom stereocenters. The molecule has 0 bridgehead atoms. The molecule has 0 radical (unpaired) electrons. The molecule has 1 rings (SSSR count). The number of rotatable bonds is 11. The van der Waals surface area contributed by atoms with E-state index in [-0.39, 0.29) is 5.41 Å². The number of aromatic nitrogens is 1. The average molecular weight is 371 g/mol. The van der Waals surface area contributed by atoms with Gasteiger partial charge in [0.25, 0.3) is 0 Å². The van der Waals surface area contributed by atoms with Gasteiger partial charge in [0.1, 0.15) is 0 Å². The fourth-order valence-electron chi connectivity index (χ4n) is 2.00. The van der Waals surface area contributed by atoms with Crippen molar-refractivity contribution >= 4 is 17.3 Å². The molecule has 7 heteroatoms. The molecule has 0 aliphatic carbocycles. The van der Waals surface area contributed by atoms with Crippen molar-refractivity contribution in [3.05, 3.63) is 16.1 Å². The summed E-state index contributed by atoms with van der Waals surface area (Å²) in [7, 11) is 1.68. The highest BCUT2D eigenvalue weighted by atomic mass is 32.1. The summed E-state index contributed by atoms with van der Waals surface area (Å²) in [5.74, 6) is 0.854. The van der Waals surface area contributed by atoms with Crippen molar-refractivity contribution in [2.24, 2.45) is 4.99 Å². The lowest BCUT2D eigenvalue weighted by Gasteiger charge is -2.14. The first-order valence-electron chi connectivity index (χ1n) is 9.01. The molecule has 1 aromatic rings. The Hall–Kier alpha value is -1.18. The third-order valence-electron chi connectivity index (χ3n) is 3.44. The molecule has 25 heavy (non-hydrogen) atoms. The maximum Gasteiger partial charge on any atom is 0.191 e. The van der Waals surface area contributed by atoms with Gasteiger partial charge in [-0.15, -0.1) is 11.3 Å². The van der Waals surface area contributed by atoms with Crippen LogP contribution in [-0.2, 0) is 21.3 Å². The average Bonchev–Trinajstić information content (AvgIpc) is 3.03. The highest BCUT2D eigenvalue weighted by molar-refractivity contribution is 7.09. The van der Waals surface area contributed by atoms with Gasteiger partial charge < -0.3 is 20.1 Å². The molecule has 0 saturated heterocycles. The Morgan fingerprint density at radius 1 is 1.24 bits per heavy atom. The Labute approximate surface area is 156 Å². The zero-order valence-corrected chi connectivity index (χ0v) is 17.2. The van der Waals surface area contributed by atoms with Crippen LogP contribution < -0.4 is 10.6 Å². The van der Waals surface area contributed by atoms with Crippen LogP contribution in [0.4, 0.5) is 0 Å². The first kappa shape index (κ1) is 21.9. The van der Waals surface area contributed by atoms with Gasteiger partial charge in [0, 0.05) is 50.6 Å². The van der Waals surface area contributed by atoms with Crippen LogP contribution in [0.1, 0.15) is 44.8 Å². The van der Waals surface area contributed by atoms with E-state index in [0.717, 1.165) is 38.4 Å². The number of thiazole rings is 1. The van der Waals surface area contributed by atoms with Crippen molar-refractivity contribution in [1.82, 2.24) is 15.6 Å². The SMILES string of the molecule is CCNC(=NCCCOCCOC)NCCc1nc(C(C)(C)C)cs1. The van der Waals surface area contributed by atoms with Gasteiger partial charge in [0.2, 0.25) is 0 Å². The van der Waals surface area contributed by atoms with E-state index in [2.05, 4.69) is 48.7 Å². The number of ether oxygens (including phenoxy) is 2. The Morgan fingerprint density at radius 2 is 2.04 bits per heavy atom. The van der Waals surface area contributed by atoms with Crippen molar-refractivity contribution in [2.45, 2.75) is 46.0 Å². The lowest BCUT2D eigenvalue weighted by molar-refractivity contribution is 0.0702. The summed E-state index contributed by atoms with van der Waals surface area (Å²) >= 11 is 1.73. The second-order valence-corrected chi connectivity index (χ2v) is 7.72. The van der Waals surface area contributed by atoms with E-state index in [4.69, 9.17) is 14.5 Å². The molecule has 0 saturated carbocycles. The van der Waals surface area contributed by atoms with Gasteiger partial charge in [0.15, 0.2) is 5.96 Å². The minimum absolute atomic E-state index is 0.115. The summed E-state index contributed by atoms with van der Waals surface area (Å²) in [6.07, 6.45) is 1.81. The highest BCUT2D eigenvalue weighted by Crippen LogP contribution is 2.23. The molecular weight excluding hydrogens is 336 g/mol. The van der Waals surface area contributed by atoms with E-state index in [1.54, 1.807) is 18.4 Å². The van der Waals surface area contributed by atoms with Gasteiger partial charge in [-0.2, -0.15) is 0 Å². The minimum atomic E-state index is 0.115. The summed E-state index contributed by atoms with van der Waals surface area (Å²) in [4.78, 5) is 9.30. The fraction of sp³-hybridized carbons (Fsp3) is 0.778. The topological polar surface area (TPSA) is 67.8 Å². The zero-order valence-electron chi connectivity index (χ0n) is 16.4. The second-order valence-electron chi connectivity index (χ2n) is 6.77. The molecule has 6 nitrogen and oxygen atoms in total. The van der Waals surface area contributed by atoms with Crippen LogP contribution in [0.3, 0.4) is 0 Å². The van der Waals surface area contributed by atoms with Gasteiger partial charge in [-0.3, -0.25) is 4.99 Å².